The van der Waals surface area contributed by atoms with Crippen LogP contribution in [0.2, 0.25) is 5.02 Å². The minimum Gasteiger partial charge on any atom is -0.494 e. The van der Waals surface area contributed by atoms with E-state index in [1.165, 1.54) is 66.9 Å². The third-order valence-corrected chi connectivity index (χ3v) is 12.6. The Morgan fingerprint density at radius 2 is 1.36 bits per heavy atom. The van der Waals surface area contributed by atoms with Crippen molar-refractivity contribution in [3.63, 3.8) is 0 Å². The van der Waals surface area contributed by atoms with Crippen molar-refractivity contribution in [3.05, 3.63) is 101 Å². The molecule has 3 saturated heterocycles. The summed E-state index contributed by atoms with van der Waals surface area (Å²) in [6.45, 7) is 10.9. The zero-order valence-electron chi connectivity index (χ0n) is 32.6. The summed E-state index contributed by atoms with van der Waals surface area (Å²) in [6.07, 6.45) is 19.1. The molecule has 3 aliphatic heterocycles. The normalized spacial score (nSPS) is 18.5. The van der Waals surface area contributed by atoms with Crippen LogP contribution >= 0.6 is 11.6 Å². The number of piperidine rings is 3. The lowest BCUT2D eigenvalue weighted by Gasteiger charge is -2.32. The van der Waals surface area contributed by atoms with Crippen LogP contribution in [0.25, 0.3) is 0 Å². The smallest absolute Gasteiger partial charge is 0.221 e. The van der Waals surface area contributed by atoms with Gasteiger partial charge in [-0.1, -0.05) is 35.9 Å². The summed E-state index contributed by atoms with van der Waals surface area (Å²) in [5, 5.41) is 4.02. The number of ether oxygens (including phenoxy) is 1. The number of hydrogen-bond donors (Lipinski definition) is 3. The number of likely N-dealkylation sites (tertiary alicyclic amines) is 3. The summed E-state index contributed by atoms with van der Waals surface area (Å²) >= 11 is 6.76. The fourth-order valence-electron chi connectivity index (χ4n) is 8.83. The van der Waals surface area contributed by atoms with Crippen LogP contribution in [0.15, 0.2) is 67.5 Å². The lowest BCUT2D eigenvalue weighted by Crippen LogP contribution is -2.37. The van der Waals surface area contributed by atoms with Crippen molar-refractivity contribution >= 4 is 17.5 Å². The maximum absolute atomic E-state index is 12.7. The molecular weight excluding hydrogens is 708 g/mol. The lowest BCUT2D eigenvalue weighted by atomic mass is 9.88. The van der Waals surface area contributed by atoms with Crippen LogP contribution in [-0.2, 0) is 30.6 Å². The fraction of sp³-hybridized carbons (Fsp3) is 0.568. The van der Waals surface area contributed by atoms with Gasteiger partial charge < -0.3 is 29.8 Å². The molecule has 55 heavy (non-hydrogen) atoms. The predicted octanol–water partition coefficient (Wildman–Crippen LogP) is 6.89. The third-order valence-electron chi connectivity index (χ3n) is 12.2. The molecule has 0 saturated carbocycles. The van der Waals surface area contributed by atoms with Gasteiger partial charge in [-0.05, 0) is 156 Å². The van der Waals surface area contributed by atoms with Crippen molar-refractivity contribution in [2.24, 2.45) is 11.8 Å². The highest BCUT2D eigenvalue weighted by molar-refractivity contribution is 6.31. The third kappa shape index (κ3) is 12.4. The first-order chi connectivity index (χ1) is 27.0. The van der Waals surface area contributed by atoms with Gasteiger partial charge in [0.05, 0.1) is 19.3 Å². The summed E-state index contributed by atoms with van der Waals surface area (Å²) in [7, 11) is 0. The van der Waals surface area contributed by atoms with Crippen LogP contribution in [0.4, 0.5) is 0 Å². The highest BCUT2D eigenvalue weighted by atomic mass is 35.5. The Morgan fingerprint density at radius 3 is 1.98 bits per heavy atom. The zero-order valence-corrected chi connectivity index (χ0v) is 33.3. The van der Waals surface area contributed by atoms with Crippen molar-refractivity contribution in [1.82, 2.24) is 40.0 Å². The average Bonchev–Trinajstić information content (AvgIpc) is 3.94. The monoisotopic (exact) mass is 768 g/mol. The summed E-state index contributed by atoms with van der Waals surface area (Å²) < 4.78 is 6.11. The molecule has 4 aromatic rings. The Morgan fingerprint density at radius 1 is 0.764 bits per heavy atom. The van der Waals surface area contributed by atoms with Crippen molar-refractivity contribution in [1.29, 1.82) is 0 Å². The van der Waals surface area contributed by atoms with Crippen LogP contribution in [0.1, 0.15) is 85.4 Å². The molecule has 3 fully saturated rings. The molecule has 7 rings (SSSR count). The number of nitrogens with zero attached hydrogens (tertiary/aromatic N) is 5. The molecule has 0 radical (unpaired) electrons. The number of benzene rings is 2. The van der Waals surface area contributed by atoms with Crippen molar-refractivity contribution < 1.29 is 9.53 Å². The molecule has 0 bridgehead atoms. The molecule has 0 unspecified atom stereocenters. The molecule has 0 aliphatic carbocycles. The van der Waals surface area contributed by atoms with E-state index in [9.17, 15) is 4.79 Å². The van der Waals surface area contributed by atoms with Gasteiger partial charge in [0, 0.05) is 61.4 Å². The minimum absolute atomic E-state index is 0.142. The van der Waals surface area contributed by atoms with Gasteiger partial charge in [0.25, 0.3) is 0 Å². The molecule has 3 aliphatic rings. The summed E-state index contributed by atoms with van der Waals surface area (Å²) in [5.41, 5.74) is 6.32. The number of carbonyl (C=O) groups is 1. The van der Waals surface area contributed by atoms with E-state index in [-0.39, 0.29) is 5.91 Å². The standard InChI is InChI=1S/C44H61ClN8O2/c45-43-7-4-34(8-16-48-44(54)15-24-52-20-11-36(12-21-52)27-40-30-47-33-50-40)28-42(43)38-13-22-53(23-14-38)31-37-2-5-41(6-3-37)55-25-1-17-51-18-9-35(10-19-51)26-39-29-46-32-49-39/h2-7,28-30,32-33,35-36,38H,1,8-27,31H2,(H,46,49)(H,47,50)(H,48,54). The summed E-state index contributed by atoms with van der Waals surface area (Å²) in [5.74, 6) is 3.03. The van der Waals surface area contributed by atoms with E-state index in [4.69, 9.17) is 16.3 Å². The second-order valence-electron chi connectivity index (χ2n) is 16.2. The van der Waals surface area contributed by atoms with Gasteiger partial charge in [-0.25, -0.2) is 9.97 Å². The van der Waals surface area contributed by atoms with E-state index in [2.05, 4.69) is 76.4 Å². The summed E-state index contributed by atoms with van der Waals surface area (Å²) in [6, 6.07) is 15.1. The maximum Gasteiger partial charge on any atom is 0.221 e. The number of halogens is 1. The molecule has 296 valence electrons. The first-order valence-corrected chi connectivity index (χ1v) is 21.3. The Hall–Kier alpha value is -3.70. The number of aromatic nitrogens is 4. The number of rotatable bonds is 18. The second kappa shape index (κ2) is 20.5. The Balaban J connectivity index is 0.745. The number of H-pyrrole nitrogens is 2. The van der Waals surface area contributed by atoms with Gasteiger partial charge in [-0.2, -0.15) is 0 Å². The van der Waals surface area contributed by atoms with Crippen LogP contribution in [0.5, 0.6) is 5.75 Å². The van der Waals surface area contributed by atoms with Gasteiger partial charge in [-0.3, -0.25) is 9.69 Å². The van der Waals surface area contributed by atoms with E-state index >= 15 is 0 Å². The van der Waals surface area contributed by atoms with Crippen LogP contribution in [-0.4, -0.2) is 106 Å². The molecule has 11 heteroatoms. The Kier molecular flexibility index (Phi) is 14.7. The van der Waals surface area contributed by atoms with Crippen LogP contribution < -0.4 is 10.1 Å². The SMILES string of the molecule is O=C(CCN1CCC(Cc2cnc[nH]2)CC1)NCCc1ccc(Cl)c(C2CCN(Cc3ccc(OCCCN4CCC(Cc5cnc[nH]5)CC4)cc3)CC2)c1. The zero-order chi connectivity index (χ0) is 37.7. The number of amides is 1. The van der Waals surface area contributed by atoms with Gasteiger partial charge in [0.15, 0.2) is 0 Å². The average molecular weight is 769 g/mol. The molecule has 10 nitrogen and oxygen atoms in total. The van der Waals surface area contributed by atoms with Crippen molar-refractivity contribution in [2.75, 3.05) is 65.5 Å². The van der Waals surface area contributed by atoms with E-state index in [1.54, 1.807) is 12.7 Å². The van der Waals surface area contributed by atoms with Gasteiger partial charge in [0.1, 0.15) is 5.75 Å². The number of hydrogen-bond acceptors (Lipinski definition) is 7. The van der Waals surface area contributed by atoms with E-state index in [0.717, 1.165) is 108 Å². The Bertz CT molecular complexity index is 1690. The van der Waals surface area contributed by atoms with E-state index < -0.39 is 0 Å². The lowest BCUT2D eigenvalue weighted by molar-refractivity contribution is -0.121. The molecule has 0 spiro atoms. The first kappa shape index (κ1) is 39.5. The van der Waals surface area contributed by atoms with Crippen LogP contribution in [0, 0.1) is 11.8 Å². The van der Waals surface area contributed by atoms with E-state index in [0.29, 0.717) is 24.8 Å². The molecule has 3 N–H and O–H groups in total. The predicted molar refractivity (Wildman–Crippen MR) is 220 cm³/mol. The number of nitrogens with one attached hydrogen (secondary N) is 3. The molecule has 5 heterocycles. The first-order valence-electron chi connectivity index (χ1n) is 20.9. The van der Waals surface area contributed by atoms with E-state index in [1.807, 2.05) is 18.5 Å². The largest absolute Gasteiger partial charge is 0.494 e. The number of imidazole rings is 2. The molecular formula is C44H61ClN8O2. The molecule has 1 amide bonds. The highest BCUT2D eigenvalue weighted by Gasteiger charge is 2.24. The van der Waals surface area contributed by atoms with Crippen molar-refractivity contribution in [2.45, 2.75) is 83.1 Å². The topological polar surface area (TPSA) is 105 Å². The number of carbonyl (C=O) groups excluding carboxylic acids is 1. The van der Waals surface area contributed by atoms with Gasteiger partial charge in [-0.15, -0.1) is 0 Å². The summed E-state index contributed by atoms with van der Waals surface area (Å²) in [4.78, 5) is 35.0. The van der Waals surface area contributed by atoms with Gasteiger partial charge >= 0.3 is 0 Å². The second-order valence-corrected chi connectivity index (χ2v) is 16.6. The van der Waals surface area contributed by atoms with Crippen LogP contribution in [0.3, 0.4) is 0 Å². The fourth-order valence-corrected chi connectivity index (χ4v) is 9.10. The molecule has 0 atom stereocenters. The number of aromatic amines is 2. The highest BCUT2D eigenvalue weighted by Crippen LogP contribution is 2.34. The quantitative estimate of drug-likeness (QED) is 0.0948. The minimum atomic E-state index is 0.142. The maximum atomic E-state index is 12.7. The molecule has 2 aromatic heterocycles. The van der Waals surface area contributed by atoms with Crippen molar-refractivity contribution in [3.8, 4) is 5.75 Å². The Labute approximate surface area is 332 Å². The van der Waals surface area contributed by atoms with Gasteiger partial charge in [0.2, 0.25) is 5.91 Å². The molecule has 2 aromatic carbocycles.